The van der Waals surface area contributed by atoms with E-state index in [1.165, 1.54) is 16.9 Å². The van der Waals surface area contributed by atoms with Crippen LogP contribution in [0.5, 0.6) is 0 Å². The van der Waals surface area contributed by atoms with Crippen LogP contribution in [0.2, 0.25) is 0 Å². The second-order valence-corrected chi connectivity index (χ2v) is 4.67. The number of hydrogen-bond donors (Lipinski definition) is 1. The standard InChI is InChI=1S/C13H18N4/c1-11-3-2-4-13-9-12(15-17(11)13)10-16-7-5-14-6-8-16/h2-4,9,14H,5-8,10H2,1H3. The van der Waals surface area contributed by atoms with E-state index in [-0.39, 0.29) is 0 Å². The number of nitrogens with one attached hydrogen (secondary N) is 1. The van der Waals surface area contributed by atoms with Crippen molar-refractivity contribution in [2.24, 2.45) is 0 Å². The second-order valence-electron chi connectivity index (χ2n) is 4.67. The lowest BCUT2D eigenvalue weighted by molar-refractivity contribution is 0.230. The molecule has 0 aliphatic carbocycles. The lowest BCUT2D eigenvalue weighted by atomic mass is 10.3. The number of piperazine rings is 1. The Morgan fingerprint density at radius 1 is 1.29 bits per heavy atom. The van der Waals surface area contributed by atoms with Gasteiger partial charge in [-0.3, -0.25) is 4.90 Å². The van der Waals surface area contributed by atoms with Gasteiger partial charge >= 0.3 is 0 Å². The maximum absolute atomic E-state index is 4.66. The van der Waals surface area contributed by atoms with Crippen molar-refractivity contribution in [3.8, 4) is 0 Å². The zero-order valence-corrected chi connectivity index (χ0v) is 10.2. The fourth-order valence-electron chi connectivity index (χ4n) is 2.38. The molecule has 90 valence electrons. The van der Waals surface area contributed by atoms with E-state index in [1.54, 1.807) is 0 Å². The molecule has 1 saturated heterocycles. The molecular weight excluding hydrogens is 212 g/mol. The summed E-state index contributed by atoms with van der Waals surface area (Å²) in [5, 5.41) is 8.03. The van der Waals surface area contributed by atoms with Crippen LogP contribution in [-0.4, -0.2) is 40.7 Å². The van der Waals surface area contributed by atoms with Gasteiger partial charge in [-0.2, -0.15) is 5.10 Å². The molecule has 1 N–H and O–H groups in total. The van der Waals surface area contributed by atoms with Gasteiger partial charge in [0.15, 0.2) is 0 Å². The summed E-state index contributed by atoms with van der Waals surface area (Å²) in [4.78, 5) is 2.45. The molecule has 0 saturated carbocycles. The van der Waals surface area contributed by atoms with Crippen molar-refractivity contribution in [3.63, 3.8) is 0 Å². The Bertz CT molecular complexity index is 511. The maximum Gasteiger partial charge on any atom is 0.0775 e. The Morgan fingerprint density at radius 3 is 2.88 bits per heavy atom. The number of hydrogen-bond acceptors (Lipinski definition) is 3. The summed E-state index contributed by atoms with van der Waals surface area (Å²) < 4.78 is 2.03. The van der Waals surface area contributed by atoms with Crippen molar-refractivity contribution >= 4 is 5.52 Å². The molecule has 1 fully saturated rings. The Labute approximate surface area is 101 Å². The van der Waals surface area contributed by atoms with E-state index in [0.717, 1.165) is 32.7 Å². The minimum Gasteiger partial charge on any atom is -0.314 e. The molecule has 0 atom stereocenters. The van der Waals surface area contributed by atoms with Crippen molar-refractivity contribution in [3.05, 3.63) is 35.7 Å². The lowest BCUT2D eigenvalue weighted by Gasteiger charge is -2.26. The van der Waals surface area contributed by atoms with Crippen molar-refractivity contribution in [1.82, 2.24) is 19.8 Å². The van der Waals surface area contributed by atoms with Crippen LogP contribution < -0.4 is 5.32 Å². The molecule has 4 nitrogen and oxygen atoms in total. The lowest BCUT2D eigenvalue weighted by Crippen LogP contribution is -2.42. The van der Waals surface area contributed by atoms with Crippen LogP contribution >= 0.6 is 0 Å². The highest BCUT2D eigenvalue weighted by Gasteiger charge is 2.12. The second kappa shape index (κ2) is 4.47. The summed E-state index contributed by atoms with van der Waals surface area (Å²) in [7, 11) is 0. The summed E-state index contributed by atoms with van der Waals surface area (Å²) in [6, 6.07) is 8.48. The summed E-state index contributed by atoms with van der Waals surface area (Å²) in [5.41, 5.74) is 3.55. The monoisotopic (exact) mass is 230 g/mol. The van der Waals surface area contributed by atoms with Gasteiger partial charge in [0.25, 0.3) is 0 Å². The third-order valence-electron chi connectivity index (χ3n) is 3.32. The maximum atomic E-state index is 4.66. The van der Waals surface area contributed by atoms with Gasteiger partial charge < -0.3 is 5.32 Å². The summed E-state index contributed by atoms with van der Waals surface area (Å²) >= 11 is 0. The van der Waals surface area contributed by atoms with Crippen molar-refractivity contribution in [2.45, 2.75) is 13.5 Å². The molecule has 3 rings (SSSR count). The van der Waals surface area contributed by atoms with Crippen molar-refractivity contribution in [2.75, 3.05) is 26.2 Å². The van der Waals surface area contributed by atoms with E-state index in [9.17, 15) is 0 Å². The molecular formula is C13H18N4. The average Bonchev–Trinajstić information content (AvgIpc) is 2.74. The van der Waals surface area contributed by atoms with E-state index >= 15 is 0 Å². The van der Waals surface area contributed by atoms with E-state index in [0.29, 0.717) is 0 Å². The molecule has 2 aromatic rings. The molecule has 4 heteroatoms. The van der Waals surface area contributed by atoms with Crippen molar-refractivity contribution < 1.29 is 0 Å². The van der Waals surface area contributed by atoms with Gasteiger partial charge in [0.2, 0.25) is 0 Å². The van der Waals surface area contributed by atoms with Gasteiger partial charge in [0.05, 0.1) is 11.2 Å². The first kappa shape index (κ1) is 10.7. The molecule has 0 bridgehead atoms. The predicted octanol–water partition coefficient (Wildman–Crippen LogP) is 1.05. The van der Waals surface area contributed by atoms with Crippen LogP contribution in [0.3, 0.4) is 0 Å². The molecule has 1 aliphatic rings. The Kier molecular flexibility index (Phi) is 2.82. The van der Waals surface area contributed by atoms with Crippen LogP contribution in [0.15, 0.2) is 24.3 Å². The Morgan fingerprint density at radius 2 is 2.12 bits per heavy atom. The topological polar surface area (TPSA) is 32.6 Å². The highest BCUT2D eigenvalue weighted by Crippen LogP contribution is 2.11. The van der Waals surface area contributed by atoms with Crippen LogP contribution in [0, 0.1) is 6.92 Å². The van der Waals surface area contributed by atoms with E-state index in [2.05, 4.69) is 46.5 Å². The number of pyridine rings is 1. The normalized spacial score (nSPS) is 17.7. The van der Waals surface area contributed by atoms with E-state index in [4.69, 9.17) is 0 Å². The van der Waals surface area contributed by atoms with Gasteiger partial charge in [-0.1, -0.05) is 6.07 Å². The number of fused-ring (bicyclic) bond motifs is 1. The average molecular weight is 230 g/mol. The number of nitrogens with zero attached hydrogens (tertiary/aromatic N) is 3. The first-order valence-corrected chi connectivity index (χ1v) is 6.20. The van der Waals surface area contributed by atoms with E-state index in [1.807, 2.05) is 4.52 Å². The third-order valence-corrected chi connectivity index (χ3v) is 3.32. The zero-order chi connectivity index (χ0) is 11.7. The van der Waals surface area contributed by atoms with Crippen LogP contribution in [0.1, 0.15) is 11.4 Å². The summed E-state index contributed by atoms with van der Waals surface area (Å²) in [6.07, 6.45) is 0. The van der Waals surface area contributed by atoms with Crippen molar-refractivity contribution in [1.29, 1.82) is 0 Å². The van der Waals surface area contributed by atoms with Gasteiger partial charge in [-0.05, 0) is 25.1 Å². The van der Waals surface area contributed by atoms with Crippen LogP contribution in [0.4, 0.5) is 0 Å². The molecule has 0 amide bonds. The highest BCUT2D eigenvalue weighted by molar-refractivity contribution is 5.48. The SMILES string of the molecule is Cc1cccc2cc(CN3CCNCC3)nn12. The van der Waals surface area contributed by atoms with Gasteiger partial charge in [0, 0.05) is 38.4 Å². The smallest absolute Gasteiger partial charge is 0.0775 e. The number of rotatable bonds is 2. The van der Waals surface area contributed by atoms with E-state index < -0.39 is 0 Å². The van der Waals surface area contributed by atoms with Gasteiger partial charge in [0.1, 0.15) is 0 Å². The first-order valence-electron chi connectivity index (χ1n) is 6.20. The largest absolute Gasteiger partial charge is 0.314 e. The molecule has 0 spiro atoms. The fraction of sp³-hybridized carbons (Fsp3) is 0.462. The zero-order valence-electron chi connectivity index (χ0n) is 10.2. The summed E-state index contributed by atoms with van der Waals surface area (Å²) in [5.74, 6) is 0. The van der Waals surface area contributed by atoms with Gasteiger partial charge in [-0.15, -0.1) is 0 Å². The molecule has 0 aromatic carbocycles. The quantitative estimate of drug-likeness (QED) is 0.837. The highest BCUT2D eigenvalue weighted by atomic mass is 15.3. The number of aryl methyl sites for hydroxylation is 1. The molecule has 17 heavy (non-hydrogen) atoms. The van der Waals surface area contributed by atoms with Crippen LogP contribution in [0.25, 0.3) is 5.52 Å². The third kappa shape index (κ3) is 2.18. The molecule has 3 heterocycles. The minimum atomic E-state index is 0.961. The van der Waals surface area contributed by atoms with Gasteiger partial charge in [-0.25, -0.2) is 4.52 Å². The molecule has 2 aromatic heterocycles. The first-order chi connectivity index (χ1) is 8.33. The fourth-order valence-corrected chi connectivity index (χ4v) is 2.38. The molecule has 1 aliphatic heterocycles. The summed E-state index contributed by atoms with van der Waals surface area (Å²) in [6.45, 7) is 7.47. The van der Waals surface area contributed by atoms with Crippen LogP contribution in [-0.2, 0) is 6.54 Å². The predicted molar refractivity (Wildman–Crippen MR) is 68.1 cm³/mol. The Balaban J connectivity index is 1.83. The molecule has 0 radical (unpaired) electrons. The molecule has 0 unspecified atom stereocenters. The number of aromatic nitrogens is 2. The Hall–Kier alpha value is -1.39. The minimum absolute atomic E-state index is 0.961.